The molecule has 0 amide bonds. The minimum absolute atomic E-state index is 0. The number of nitrogens with two attached hydrogens (primary N) is 2. The summed E-state index contributed by atoms with van der Waals surface area (Å²) in [6, 6.07) is 26.2. The maximum Gasteiger partial charge on any atom is 0.296 e. The zero-order valence-electron chi connectivity index (χ0n) is 34.6. The number of aliphatic hydroxyl groups excluding tert-OH is 1. The van der Waals surface area contributed by atoms with Crippen molar-refractivity contribution in [2.24, 2.45) is 35.7 Å². The van der Waals surface area contributed by atoms with Gasteiger partial charge in [0.2, 0.25) is 5.90 Å². The third kappa shape index (κ3) is 12.0. The van der Waals surface area contributed by atoms with E-state index < -0.39 is 85.2 Å². The van der Waals surface area contributed by atoms with Crippen LogP contribution in [-0.2, 0) is 30.4 Å². The Balaban J connectivity index is 0.00000317. The molecule has 3 radical (unpaired) electrons. The molecule has 0 saturated heterocycles. The Bertz CT molecular complexity index is 3480. The van der Waals surface area contributed by atoms with Crippen LogP contribution in [0.3, 0.4) is 0 Å². The zero-order chi connectivity index (χ0) is 45.4. The van der Waals surface area contributed by atoms with Gasteiger partial charge >= 0.3 is 0 Å². The number of nitrogen functional groups attached to an aromatic ring is 2. The third-order valence-corrected chi connectivity index (χ3v) is 11.6. The van der Waals surface area contributed by atoms with Crippen molar-refractivity contribution in [3.8, 4) is 11.5 Å². The van der Waals surface area contributed by atoms with Crippen LogP contribution < -0.4 is 11.5 Å². The SMILES string of the molecule is Nc1ccc2cc(S(=O)(=O)O)c(N=Nc3ccc(N=C(O)c4ccc(N=Nc5c(S(=O)(=O)O)cc6cc(S(=O)(=O)O)c(N=Nc7ccccc7)c(O)c6c5N)cc4)cc3)c(O)c2c1.[Na].[Na].[Na]. The van der Waals surface area contributed by atoms with E-state index in [0.29, 0.717) is 0 Å². The number of azo groups is 3. The largest absolute Gasteiger partial charge is 0.505 e. The van der Waals surface area contributed by atoms with Crippen LogP contribution in [0.5, 0.6) is 11.5 Å². The number of aliphatic imine (C=N–C) groups is 1. The van der Waals surface area contributed by atoms with Crippen LogP contribution in [-0.4, -0.2) is 149 Å². The molecule has 7 rings (SSSR count). The summed E-state index contributed by atoms with van der Waals surface area (Å²) in [5.74, 6) is -1.96. The smallest absolute Gasteiger partial charge is 0.296 e. The average Bonchev–Trinajstić information content (AvgIpc) is 3.22. The maximum atomic E-state index is 12.5. The van der Waals surface area contributed by atoms with Gasteiger partial charge in [0.1, 0.15) is 31.7 Å². The van der Waals surface area contributed by atoms with E-state index in [1.54, 1.807) is 18.2 Å². The summed E-state index contributed by atoms with van der Waals surface area (Å²) in [6.07, 6.45) is 0. The second-order valence-corrected chi connectivity index (χ2v) is 17.4. The Labute approximate surface area is 441 Å². The van der Waals surface area contributed by atoms with E-state index in [1.807, 2.05) is 0 Å². The second kappa shape index (κ2) is 21.5. The van der Waals surface area contributed by atoms with Crippen molar-refractivity contribution in [2.45, 2.75) is 14.7 Å². The molecule has 0 spiro atoms. The summed E-state index contributed by atoms with van der Waals surface area (Å²) >= 11 is 0. The molecule has 0 aliphatic rings. The number of hydrogen-bond donors (Lipinski definition) is 8. The first-order valence-electron chi connectivity index (χ1n) is 17.6. The Hall–Kier alpha value is -4.74. The molecule has 0 bridgehead atoms. The monoisotopic (exact) mass is 980 g/mol. The predicted molar refractivity (Wildman–Crippen MR) is 247 cm³/mol. The molecular formula is C39H29N9Na3O12S3. The van der Waals surface area contributed by atoms with Crippen LogP contribution in [0.15, 0.2) is 166 Å². The van der Waals surface area contributed by atoms with Crippen LogP contribution in [0.1, 0.15) is 5.56 Å². The molecule has 7 aromatic rings. The topological polar surface area (TPSA) is 362 Å². The van der Waals surface area contributed by atoms with Crippen LogP contribution >= 0.6 is 0 Å². The van der Waals surface area contributed by atoms with Crippen LogP contribution in [0, 0.1) is 0 Å². The van der Waals surface area contributed by atoms with E-state index in [2.05, 4.69) is 35.7 Å². The number of phenolic OH excluding ortho intramolecular Hbond substituents is 2. The summed E-state index contributed by atoms with van der Waals surface area (Å²) in [6.45, 7) is 0. The molecule has 0 aliphatic carbocycles. The summed E-state index contributed by atoms with van der Waals surface area (Å²) in [5, 5.41) is 56.0. The molecule has 0 aliphatic heterocycles. The fourth-order valence-electron chi connectivity index (χ4n) is 6.03. The van der Waals surface area contributed by atoms with Crippen LogP contribution in [0.2, 0.25) is 0 Å². The molecule has 0 saturated carbocycles. The van der Waals surface area contributed by atoms with Gasteiger partial charge in [-0.1, -0.05) is 24.3 Å². The number of phenols is 2. The maximum absolute atomic E-state index is 12.5. The van der Waals surface area contributed by atoms with Crippen molar-refractivity contribution >= 4 is 198 Å². The molecule has 66 heavy (non-hydrogen) atoms. The normalized spacial score (nSPS) is 12.4. The predicted octanol–water partition coefficient (Wildman–Crippen LogP) is 8.05. The van der Waals surface area contributed by atoms with E-state index in [4.69, 9.17) is 11.5 Å². The van der Waals surface area contributed by atoms with E-state index >= 15 is 0 Å². The van der Waals surface area contributed by atoms with Gasteiger partial charge in [0, 0.05) is 105 Å². The Kier molecular flexibility index (Phi) is 17.5. The molecule has 0 aromatic heterocycles. The van der Waals surface area contributed by atoms with E-state index in [-0.39, 0.29) is 144 Å². The Morgan fingerprint density at radius 2 is 0.894 bits per heavy atom. The van der Waals surface area contributed by atoms with Gasteiger partial charge in [-0.25, -0.2) is 4.99 Å². The Morgan fingerprint density at radius 1 is 0.470 bits per heavy atom. The van der Waals surface area contributed by atoms with Crippen molar-refractivity contribution in [3.05, 3.63) is 121 Å². The molecule has 10 N–H and O–H groups in total. The first kappa shape index (κ1) is 53.9. The summed E-state index contributed by atoms with van der Waals surface area (Å²) in [4.78, 5) is 1.59. The fraction of sp³-hybridized carbons (Fsp3) is 0. The van der Waals surface area contributed by atoms with Gasteiger partial charge in [-0.3, -0.25) is 13.7 Å². The van der Waals surface area contributed by atoms with Crippen molar-refractivity contribution < 1.29 is 54.2 Å². The van der Waals surface area contributed by atoms with E-state index in [0.717, 1.165) is 18.2 Å². The first-order valence-corrected chi connectivity index (χ1v) is 21.9. The number of aromatic hydroxyl groups is 2. The van der Waals surface area contributed by atoms with E-state index in [9.17, 15) is 54.2 Å². The quantitative estimate of drug-likeness (QED) is 0.0152. The van der Waals surface area contributed by atoms with Gasteiger partial charge in [0.15, 0.2) is 11.5 Å². The van der Waals surface area contributed by atoms with Gasteiger partial charge in [0.05, 0.1) is 33.8 Å². The van der Waals surface area contributed by atoms with Gasteiger partial charge in [-0.2, -0.15) is 40.6 Å². The first-order chi connectivity index (χ1) is 29.7. The van der Waals surface area contributed by atoms with Gasteiger partial charge in [-0.05, 0) is 102 Å². The number of nitrogens with zero attached hydrogens (tertiary/aromatic N) is 7. The zero-order valence-corrected chi connectivity index (χ0v) is 43.1. The van der Waals surface area contributed by atoms with Crippen LogP contribution in [0.25, 0.3) is 21.5 Å². The summed E-state index contributed by atoms with van der Waals surface area (Å²) in [5.41, 5.74) is 10.8. The number of rotatable bonds is 11. The summed E-state index contributed by atoms with van der Waals surface area (Å²) in [7, 11) is -15.1. The number of fused-ring (bicyclic) bond motifs is 2. The van der Waals surface area contributed by atoms with Crippen molar-refractivity contribution in [3.63, 3.8) is 0 Å². The van der Waals surface area contributed by atoms with Crippen molar-refractivity contribution in [2.75, 3.05) is 11.5 Å². The molecule has 0 heterocycles. The van der Waals surface area contributed by atoms with Crippen molar-refractivity contribution in [1.29, 1.82) is 0 Å². The fourth-order valence-corrected chi connectivity index (χ4v) is 8.02. The molecule has 7 aromatic carbocycles. The average molecular weight is 981 g/mol. The number of benzene rings is 7. The molecule has 323 valence electrons. The number of hydrogen-bond acceptors (Lipinski definition) is 17. The second-order valence-electron chi connectivity index (χ2n) is 13.2. The minimum atomic E-state index is -5.13. The molecule has 0 atom stereocenters. The molecule has 0 fully saturated rings. The number of aliphatic hydroxyl groups is 1. The van der Waals surface area contributed by atoms with Gasteiger partial charge in [0.25, 0.3) is 30.4 Å². The van der Waals surface area contributed by atoms with Crippen molar-refractivity contribution in [1.82, 2.24) is 0 Å². The minimum Gasteiger partial charge on any atom is -0.505 e. The Morgan fingerprint density at radius 3 is 1.41 bits per heavy atom. The molecule has 21 nitrogen and oxygen atoms in total. The third-order valence-electron chi connectivity index (χ3n) is 8.99. The van der Waals surface area contributed by atoms with Gasteiger partial charge < -0.3 is 26.8 Å². The standard InChI is InChI=1S/C39H29N9O12S3.3Na/c40-23-9-6-21-16-30(62(55,56)57)35(37(49)28(21)19-23)47-45-27-14-12-24(13-15-27)42-39(51)20-7-10-26(11-8-20)44-46-34-29(61(52,53)54)17-22-18-31(63(58,59)60)36(38(50)32(22)33(34)41)48-43-25-4-2-1-3-5-25;;;/h1-19,49-50H,40-41H2,(H,42,51)(H,52,53,54)(H,55,56,57)(H,58,59,60);;;. The van der Waals surface area contributed by atoms with Crippen LogP contribution in [0.4, 0.5) is 51.2 Å². The number of anilines is 2. The molecule has 27 heteroatoms. The molecular weight excluding hydrogens is 952 g/mol. The van der Waals surface area contributed by atoms with Gasteiger partial charge in [-0.15, -0.1) is 15.3 Å². The van der Waals surface area contributed by atoms with E-state index in [1.165, 1.54) is 78.9 Å². The summed E-state index contributed by atoms with van der Waals surface area (Å²) < 4.78 is 104. The molecule has 0 unspecified atom stereocenters.